The summed E-state index contributed by atoms with van der Waals surface area (Å²) in [6.07, 6.45) is 1.07. The van der Waals surface area contributed by atoms with E-state index in [-0.39, 0.29) is 24.2 Å². The highest BCUT2D eigenvalue weighted by molar-refractivity contribution is 6.01. The average Bonchev–Trinajstić information content (AvgIpc) is 2.65. The van der Waals surface area contributed by atoms with Crippen LogP contribution in [0.4, 0.5) is 5.69 Å². The number of ether oxygens (including phenoxy) is 1. The number of fused-ring (bicyclic) bond motifs is 2. The molecular weight excluding hydrogens is 316 g/mol. The van der Waals surface area contributed by atoms with Crippen LogP contribution in [0.25, 0.3) is 0 Å². The second-order valence-corrected chi connectivity index (χ2v) is 6.63. The van der Waals surface area contributed by atoms with Crippen LogP contribution in [0.5, 0.6) is 5.75 Å². The molecule has 0 aromatic heterocycles. The molecule has 2 aliphatic rings. The number of amides is 2. The second kappa shape index (κ2) is 6.59. The highest BCUT2D eigenvalue weighted by Crippen LogP contribution is 2.32. The molecule has 25 heavy (non-hydrogen) atoms. The minimum atomic E-state index is -0.429. The van der Waals surface area contributed by atoms with Crippen molar-refractivity contribution in [3.63, 3.8) is 0 Å². The number of anilines is 1. The van der Waals surface area contributed by atoms with E-state index in [9.17, 15) is 9.59 Å². The molecule has 0 bridgehead atoms. The maximum absolute atomic E-state index is 12.7. The van der Waals surface area contributed by atoms with E-state index in [4.69, 9.17) is 4.74 Å². The van der Waals surface area contributed by atoms with Crippen LogP contribution in [0.3, 0.4) is 0 Å². The van der Waals surface area contributed by atoms with Gasteiger partial charge in [-0.15, -0.1) is 0 Å². The molecule has 2 heterocycles. The third-order valence-electron chi connectivity index (χ3n) is 4.84. The fourth-order valence-electron chi connectivity index (χ4n) is 3.54. The molecule has 2 unspecified atom stereocenters. The van der Waals surface area contributed by atoms with E-state index in [1.807, 2.05) is 42.5 Å². The number of para-hydroxylation sites is 2. The Labute approximate surface area is 146 Å². The lowest BCUT2D eigenvalue weighted by atomic mass is 9.89. The summed E-state index contributed by atoms with van der Waals surface area (Å²) >= 11 is 0. The van der Waals surface area contributed by atoms with Crippen molar-refractivity contribution in [2.75, 3.05) is 18.5 Å². The topological polar surface area (TPSA) is 67.4 Å². The van der Waals surface area contributed by atoms with Gasteiger partial charge < -0.3 is 15.4 Å². The largest absolute Gasteiger partial charge is 0.493 e. The van der Waals surface area contributed by atoms with Gasteiger partial charge in [0.15, 0.2) is 0 Å². The average molecular weight is 336 g/mol. The maximum Gasteiger partial charge on any atom is 0.228 e. The number of rotatable bonds is 3. The highest BCUT2D eigenvalue weighted by Gasteiger charge is 2.31. The van der Waals surface area contributed by atoms with Crippen molar-refractivity contribution in [3.8, 4) is 5.75 Å². The van der Waals surface area contributed by atoms with Crippen molar-refractivity contribution in [3.05, 3.63) is 59.7 Å². The summed E-state index contributed by atoms with van der Waals surface area (Å²) < 4.78 is 5.77. The zero-order chi connectivity index (χ0) is 17.2. The Hall–Kier alpha value is -2.82. The molecule has 0 radical (unpaired) electrons. The highest BCUT2D eigenvalue weighted by atomic mass is 16.5. The summed E-state index contributed by atoms with van der Waals surface area (Å²) in [5.74, 6) is 0.533. The van der Waals surface area contributed by atoms with Crippen molar-refractivity contribution in [1.29, 1.82) is 0 Å². The predicted octanol–water partition coefficient (Wildman–Crippen LogP) is 2.48. The molecule has 2 aromatic carbocycles. The summed E-state index contributed by atoms with van der Waals surface area (Å²) in [5.41, 5.74) is 2.79. The number of carbonyl (C=O) groups is 2. The summed E-state index contributed by atoms with van der Waals surface area (Å²) in [7, 11) is 0. The number of benzene rings is 2. The van der Waals surface area contributed by atoms with E-state index in [0.717, 1.165) is 23.4 Å². The van der Waals surface area contributed by atoms with Crippen LogP contribution in [-0.4, -0.2) is 25.0 Å². The van der Waals surface area contributed by atoms with Crippen molar-refractivity contribution < 1.29 is 14.3 Å². The molecule has 0 fully saturated rings. The van der Waals surface area contributed by atoms with Gasteiger partial charge in [-0.25, -0.2) is 0 Å². The lowest BCUT2D eigenvalue weighted by molar-refractivity contribution is -0.126. The normalized spacial score (nSPS) is 21.4. The van der Waals surface area contributed by atoms with Gasteiger partial charge in [-0.2, -0.15) is 0 Å². The van der Waals surface area contributed by atoms with Crippen molar-refractivity contribution in [1.82, 2.24) is 5.32 Å². The SMILES string of the molecule is O=C1CC(C(=O)NCC2COc3ccccc3C2)c2ccccc2N1. The van der Waals surface area contributed by atoms with Crippen LogP contribution in [0.2, 0.25) is 0 Å². The Morgan fingerprint density at radius 3 is 2.84 bits per heavy atom. The Morgan fingerprint density at radius 1 is 1.12 bits per heavy atom. The molecule has 2 atom stereocenters. The molecular formula is C20H20N2O3. The monoisotopic (exact) mass is 336 g/mol. The van der Waals surface area contributed by atoms with Gasteiger partial charge in [0.05, 0.1) is 12.5 Å². The fraction of sp³-hybridized carbons (Fsp3) is 0.300. The molecule has 2 aromatic rings. The molecule has 128 valence electrons. The lowest BCUT2D eigenvalue weighted by Crippen LogP contribution is -2.39. The summed E-state index contributed by atoms with van der Waals surface area (Å²) in [5, 5.41) is 5.84. The van der Waals surface area contributed by atoms with Crippen molar-refractivity contribution >= 4 is 17.5 Å². The van der Waals surface area contributed by atoms with Crippen LogP contribution < -0.4 is 15.4 Å². The first-order valence-electron chi connectivity index (χ1n) is 8.58. The van der Waals surface area contributed by atoms with E-state index >= 15 is 0 Å². The molecule has 0 saturated carbocycles. The smallest absolute Gasteiger partial charge is 0.228 e. The Bertz CT molecular complexity index is 818. The van der Waals surface area contributed by atoms with Gasteiger partial charge in [-0.3, -0.25) is 9.59 Å². The Morgan fingerprint density at radius 2 is 1.92 bits per heavy atom. The Kier molecular flexibility index (Phi) is 4.14. The molecule has 0 saturated heterocycles. The lowest BCUT2D eigenvalue weighted by Gasteiger charge is -2.28. The molecule has 2 N–H and O–H groups in total. The summed E-state index contributed by atoms with van der Waals surface area (Å²) in [6, 6.07) is 15.5. The van der Waals surface area contributed by atoms with E-state index in [0.29, 0.717) is 13.2 Å². The molecule has 5 nitrogen and oxygen atoms in total. The van der Waals surface area contributed by atoms with Crippen molar-refractivity contribution in [2.24, 2.45) is 5.92 Å². The number of hydrogen-bond acceptors (Lipinski definition) is 3. The van der Waals surface area contributed by atoms with Crippen LogP contribution in [0.15, 0.2) is 48.5 Å². The van der Waals surface area contributed by atoms with E-state index in [1.54, 1.807) is 0 Å². The Balaban J connectivity index is 1.41. The van der Waals surface area contributed by atoms with Crippen LogP contribution in [0, 0.1) is 5.92 Å². The predicted molar refractivity (Wildman–Crippen MR) is 94.6 cm³/mol. The van der Waals surface area contributed by atoms with Gasteiger partial charge >= 0.3 is 0 Å². The molecule has 2 aliphatic heterocycles. The van der Waals surface area contributed by atoms with Gasteiger partial charge in [0.2, 0.25) is 11.8 Å². The first kappa shape index (κ1) is 15.7. The quantitative estimate of drug-likeness (QED) is 0.905. The van der Waals surface area contributed by atoms with Crippen LogP contribution in [0.1, 0.15) is 23.5 Å². The third kappa shape index (κ3) is 3.22. The van der Waals surface area contributed by atoms with Gasteiger partial charge in [-0.1, -0.05) is 36.4 Å². The van der Waals surface area contributed by atoms with E-state index in [1.165, 1.54) is 5.56 Å². The zero-order valence-corrected chi connectivity index (χ0v) is 13.8. The summed E-state index contributed by atoms with van der Waals surface area (Å²) in [4.78, 5) is 24.5. The minimum absolute atomic E-state index is 0.0961. The first-order chi connectivity index (χ1) is 12.2. The zero-order valence-electron chi connectivity index (χ0n) is 13.8. The van der Waals surface area contributed by atoms with E-state index < -0.39 is 5.92 Å². The standard InChI is InChI=1S/C20H20N2O3/c23-19-10-16(15-6-2-3-7-17(15)22-19)20(24)21-11-13-9-14-5-1-4-8-18(14)25-12-13/h1-8,13,16H,9-12H2,(H,21,24)(H,22,23). The number of hydrogen-bond donors (Lipinski definition) is 2. The third-order valence-corrected chi connectivity index (χ3v) is 4.84. The maximum atomic E-state index is 12.7. The molecule has 2 amide bonds. The van der Waals surface area contributed by atoms with E-state index in [2.05, 4.69) is 16.7 Å². The number of carbonyl (C=O) groups excluding carboxylic acids is 2. The van der Waals surface area contributed by atoms with Crippen LogP contribution >= 0.6 is 0 Å². The van der Waals surface area contributed by atoms with Crippen LogP contribution in [-0.2, 0) is 16.0 Å². The molecule has 0 aliphatic carbocycles. The minimum Gasteiger partial charge on any atom is -0.493 e. The second-order valence-electron chi connectivity index (χ2n) is 6.63. The van der Waals surface area contributed by atoms with Gasteiger partial charge in [0.1, 0.15) is 5.75 Å². The van der Waals surface area contributed by atoms with Gasteiger partial charge in [0, 0.05) is 24.6 Å². The molecule has 5 heteroatoms. The van der Waals surface area contributed by atoms with Gasteiger partial charge in [0.25, 0.3) is 0 Å². The summed E-state index contributed by atoms with van der Waals surface area (Å²) in [6.45, 7) is 1.15. The first-order valence-corrected chi connectivity index (χ1v) is 8.58. The number of nitrogens with one attached hydrogen (secondary N) is 2. The fourth-order valence-corrected chi connectivity index (χ4v) is 3.54. The molecule has 0 spiro atoms. The van der Waals surface area contributed by atoms with Crippen molar-refractivity contribution in [2.45, 2.75) is 18.8 Å². The molecule has 4 rings (SSSR count). The van der Waals surface area contributed by atoms with Gasteiger partial charge in [-0.05, 0) is 29.7 Å².